The molecule has 1 fully saturated rings. The summed E-state index contributed by atoms with van der Waals surface area (Å²) in [5.74, 6) is 0.672. The molecule has 1 aliphatic heterocycles. The van der Waals surface area contributed by atoms with Crippen LogP contribution in [-0.4, -0.2) is 71.6 Å². The monoisotopic (exact) mass is 443 g/mol. The number of carbonyl (C=O) groups excluding carboxylic acids is 1. The van der Waals surface area contributed by atoms with Crippen LogP contribution in [-0.2, 0) is 11.3 Å². The molecule has 0 radical (unpaired) electrons. The predicted octanol–water partition coefficient (Wildman–Crippen LogP) is 3.20. The first-order chi connectivity index (χ1) is 15.1. The lowest BCUT2D eigenvalue weighted by molar-refractivity contribution is 0.0391. The van der Waals surface area contributed by atoms with Crippen molar-refractivity contribution in [1.29, 1.82) is 0 Å². The number of ether oxygens (including phenoxy) is 2. The highest BCUT2D eigenvalue weighted by molar-refractivity contribution is 7.22. The van der Waals surface area contributed by atoms with Crippen LogP contribution in [0.15, 0.2) is 24.3 Å². The second kappa shape index (κ2) is 9.76. The van der Waals surface area contributed by atoms with E-state index in [-0.39, 0.29) is 5.91 Å². The number of aromatic nitrogens is 3. The van der Waals surface area contributed by atoms with Gasteiger partial charge in [0.25, 0.3) is 5.91 Å². The van der Waals surface area contributed by atoms with Gasteiger partial charge >= 0.3 is 0 Å². The van der Waals surface area contributed by atoms with Gasteiger partial charge < -0.3 is 9.47 Å². The third-order valence-corrected chi connectivity index (χ3v) is 6.35. The number of benzene rings is 1. The van der Waals surface area contributed by atoms with Crippen molar-refractivity contribution in [2.45, 2.75) is 27.3 Å². The normalized spacial score (nSPS) is 14.8. The molecule has 3 heterocycles. The first-order valence-corrected chi connectivity index (χ1v) is 11.6. The lowest BCUT2D eigenvalue weighted by atomic mass is 10.3. The topological polar surface area (TPSA) is 72.7 Å². The number of amides is 1. The Morgan fingerprint density at radius 1 is 1.29 bits per heavy atom. The highest BCUT2D eigenvalue weighted by atomic mass is 32.1. The van der Waals surface area contributed by atoms with Gasteiger partial charge in [0.15, 0.2) is 5.13 Å². The molecule has 1 aliphatic rings. The number of carbonyl (C=O) groups is 1. The minimum Gasteiger partial charge on any atom is -0.492 e. The summed E-state index contributed by atoms with van der Waals surface area (Å²) in [7, 11) is 0. The van der Waals surface area contributed by atoms with E-state index in [1.165, 1.54) is 11.3 Å². The van der Waals surface area contributed by atoms with Crippen molar-refractivity contribution >= 4 is 32.6 Å². The van der Waals surface area contributed by atoms with Gasteiger partial charge in [0.1, 0.15) is 17.0 Å². The van der Waals surface area contributed by atoms with Crippen LogP contribution < -0.4 is 9.64 Å². The summed E-state index contributed by atoms with van der Waals surface area (Å²) in [6.45, 7) is 11.6. The maximum atomic E-state index is 13.7. The Bertz CT molecular complexity index is 1040. The van der Waals surface area contributed by atoms with Gasteiger partial charge in [-0.05, 0) is 39.0 Å². The maximum absolute atomic E-state index is 13.7. The predicted molar refractivity (Wildman–Crippen MR) is 122 cm³/mol. The van der Waals surface area contributed by atoms with Crippen LogP contribution in [0.1, 0.15) is 30.0 Å². The van der Waals surface area contributed by atoms with Gasteiger partial charge in [0, 0.05) is 32.7 Å². The molecular weight excluding hydrogens is 414 g/mol. The third-order valence-electron chi connectivity index (χ3n) is 5.31. The minimum absolute atomic E-state index is 0.0762. The Balaban J connectivity index is 1.68. The Kier molecular flexibility index (Phi) is 6.84. The number of rotatable bonds is 8. The van der Waals surface area contributed by atoms with Gasteiger partial charge in [-0.25, -0.2) is 4.98 Å². The van der Waals surface area contributed by atoms with Crippen LogP contribution in [0.2, 0.25) is 0 Å². The van der Waals surface area contributed by atoms with Crippen LogP contribution in [0.25, 0.3) is 10.2 Å². The van der Waals surface area contributed by atoms with Gasteiger partial charge in [-0.2, -0.15) is 5.10 Å². The van der Waals surface area contributed by atoms with E-state index in [0.717, 1.165) is 54.5 Å². The first-order valence-electron chi connectivity index (χ1n) is 10.8. The number of para-hydroxylation sites is 1. The van der Waals surface area contributed by atoms with Gasteiger partial charge in [-0.15, -0.1) is 0 Å². The summed E-state index contributed by atoms with van der Waals surface area (Å²) in [4.78, 5) is 22.6. The SMILES string of the molecule is CCOc1cccc2sc(N(CCN3CCOCC3)C(=O)c3cc(C)nn3CC)nc12. The van der Waals surface area contributed by atoms with Crippen molar-refractivity contribution in [3.63, 3.8) is 0 Å². The Hall–Kier alpha value is -2.49. The highest BCUT2D eigenvalue weighted by Gasteiger charge is 2.26. The number of fused-ring (bicyclic) bond motifs is 1. The largest absolute Gasteiger partial charge is 0.492 e. The van der Waals surface area contributed by atoms with E-state index in [0.29, 0.717) is 30.5 Å². The zero-order valence-corrected chi connectivity index (χ0v) is 19.2. The number of nitrogens with zero attached hydrogens (tertiary/aromatic N) is 5. The quantitative estimate of drug-likeness (QED) is 0.532. The molecule has 0 aliphatic carbocycles. The number of anilines is 1. The average molecular weight is 444 g/mol. The number of hydrogen-bond acceptors (Lipinski definition) is 7. The molecule has 0 bridgehead atoms. The van der Waals surface area contributed by atoms with Gasteiger partial charge in [-0.3, -0.25) is 19.3 Å². The molecule has 4 rings (SSSR count). The number of thiazole rings is 1. The molecule has 0 unspecified atom stereocenters. The standard InChI is InChI=1S/C22H29N5O3S/c1-4-27-17(15-16(3)24-27)21(28)26(10-9-25-11-13-29-14-12-25)22-23-20-18(30-5-2)7-6-8-19(20)31-22/h6-8,15H,4-5,9-14H2,1-3H3. The summed E-state index contributed by atoms with van der Waals surface area (Å²) in [5.41, 5.74) is 2.22. The molecule has 1 amide bonds. The van der Waals surface area contributed by atoms with Crippen molar-refractivity contribution in [2.75, 3.05) is 50.9 Å². The third kappa shape index (κ3) is 4.73. The van der Waals surface area contributed by atoms with E-state index < -0.39 is 0 Å². The van der Waals surface area contributed by atoms with Crippen molar-refractivity contribution in [3.8, 4) is 5.75 Å². The fraction of sp³-hybridized carbons (Fsp3) is 0.500. The molecule has 31 heavy (non-hydrogen) atoms. The van der Waals surface area contributed by atoms with E-state index in [2.05, 4.69) is 10.00 Å². The molecule has 3 aromatic rings. The summed E-state index contributed by atoms with van der Waals surface area (Å²) in [6.07, 6.45) is 0. The van der Waals surface area contributed by atoms with Crippen molar-refractivity contribution in [1.82, 2.24) is 19.7 Å². The highest BCUT2D eigenvalue weighted by Crippen LogP contribution is 2.34. The summed E-state index contributed by atoms with van der Waals surface area (Å²) in [5, 5.41) is 5.15. The van der Waals surface area contributed by atoms with E-state index in [1.807, 2.05) is 45.0 Å². The van der Waals surface area contributed by atoms with Crippen LogP contribution in [0.4, 0.5) is 5.13 Å². The lowest BCUT2D eigenvalue weighted by Gasteiger charge is -2.29. The first kappa shape index (κ1) is 21.7. The van der Waals surface area contributed by atoms with E-state index in [4.69, 9.17) is 14.5 Å². The molecule has 0 N–H and O–H groups in total. The second-order valence-corrected chi connectivity index (χ2v) is 8.44. The molecule has 0 spiro atoms. The zero-order valence-electron chi connectivity index (χ0n) is 18.3. The van der Waals surface area contributed by atoms with Crippen molar-refractivity contribution in [2.24, 2.45) is 0 Å². The Morgan fingerprint density at radius 2 is 2.10 bits per heavy atom. The molecule has 1 aromatic carbocycles. The molecule has 2 aromatic heterocycles. The number of morpholine rings is 1. The fourth-order valence-corrected chi connectivity index (χ4v) is 4.75. The minimum atomic E-state index is -0.0762. The Morgan fingerprint density at radius 3 is 2.84 bits per heavy atom. The number of aryl methyl sites for hydroxylation is 2. The Labute approximate surface area is 186 Å². The lowest BCUT2D eigenvalue weighted by Crippen LogP contribution is -2.43. The van der Waals surface area contributed by atoms with Crippen LogP contribution in [0.3, 0.4) is 0 Å². The molecule has 8 nitrogen and oxygen atoms in total. The molecule has 1 saturated heterocycles. The molecule has 0 saturated carbocycles. The molecular formula is C22H29N5O3S. The fourth-order valence-electron chi connectivity index (χ4n) is 3.75. The molecule has 166 valence electrons. The van der Waals surface area contributed by atoms with Crippen LogP contribution >= 0.6 is 11.3 Å². The van der Waals surface area contributed by atoms with Gasteiger partial charge in [0.05, 0.1) is 30.2 Å². The molecule has 0 atom stereocenters. The van der Waals surface area contributed by atoms with Crippen LogP contribution in [0, 0.1) is 6.92 Å². The van der Waals surface area contributed by atoms with Crippen LogP contribution in [0.5, 0.6) is 5.75 Å². The van der Waals surface area contributed by atoms with Crippen molar-refractivity contribution in [3.05, 3.63) is 35.7 Å². The number of hydrogen-bond donors (Lipinski definition) is 0. The van der Waals surface area contributed by atoms with Crippen molar-refractivity contribution < 1.29 is 14.3 Å². The molecule has 9 heteroatoms. The smallest absolute Gasteiger partial charge is 0.278 e. The maximum Gasteiger partial charge on any atom is 0.278 e. The summed E-state index contributed by atoms with van der Waals surface area (Å²) < 4.78 is 14.0. The van der Waals surface area contributed by atoms with E-state index in [1.54, 1.807) is 9.58 Å². The summed E-state index contributed by atoms with van der Waals surface area (Å²) in [6, 6.07) is 7.76. The van der Waals surface area contributed by atoms with Gasteiger partial charge in [0.2, 0.25) is 0 Å². The van der Waals surface area contributed by atoms with E-state index in [9.17, 15) is 4.79 Å². The average Bonchev–Trinajstić information content (AvgIpc) is 3.38. The van der Waals surface area contributed by atoms with Gasteiger partial charge in [-0.1, -0.05) is 17.4 Å². The zero-order chi connectivity index (χ0) is 21.8. The second-order valence-electron chi connectivity index (χ2n) is 7.43. The summed E-state index contributed by atoms with van der Waals surface area (Å²) >= 11 is 1.52. The van der Waals surface area contributed by atoms with E-state index >= 15 is 0 Å².